The fourth-order valence-electron chi connectivity index (χ4n) is 0. The maximum atomic E-state index is 0. The monoisotopic (exact) mass is 139 g/mol. The van der Waals surface area contributed by atoms with Crippen molar-refractivity contribution in [3.05, 3.63) is 0 Å². The van der Waals surface area contributed by atoms with Gasteiger partial charge in [-0.3, -0.25) is 0 Å². The van der Waals surface area contributed by atoms with E-state index >= 15 is 0 Å². The van der Waals surface area contributed by atoms with Crippen molar-refractivity contribution in [2.45, 2.75) is 0 Å². The predicted octanol–water partition coefficient (Wildman–Crippen LogP) is -2.77. The number of rotatable bonds is 0. The smallest absolute Gasteiger partial charge is 2.00 e. The summed E-state index contributed by atoms with van der Waals surface area (Å²) in [4.78, 5) is 0. The summed E-state index contributed by atoms with van der Waals surface area (Å²) < 4.78 is 0. The van der Waals surface area contributed by atoms with Gasteiger partial charge in [0.15, 0.2) is 0 Å². The maximum Gasteiger partial charge on any atom is 3.00 e. The molecule has 0 spiro atoms. The van der Waals surface area contributed by atoms with Gasteiger partial charge in [-0.25, -0.2) is 0 Å². The minimum absolute atomic E-state index is 0. The van der Waals surface area contributed by atoms with E-state index in [1.165, 1.54) is 0 Å². The third-order valence-corrected chi connectivity index (χ3v) is 0. The van der Waals surface area contributed by atoms with Gasteiger partial charge in [-0.1, -0.05) is 0 Å². The molecule has 0 rings (SSSR count). The minimum Gasteiger partial charge on any atom is -2.00 e. The van der Waals surface area contributed by atoms with E-state index in [2.05, 4.69) is 0 Å². The molecule has 0 aromatic heterocycles. The second-order valence-electron chi connectivity index (χ2n) is 0. The van der Waals surface area contributed by atoms with Crippen molar-refractivity contribution >= 4 is 0 Å². The first kappa shape index (κ1) is 1630. The van der Waals surface area contributed by atoms with Gasteiger partial charge in [0, 0.05) is 0 Å². The van der Waals surface area contributed by atoms with Crippen molar-refractivity contribution in [3.8, 4) is 0 Å². The Morgan fingerprint density at radius 2 is 0.667 bits per heavy atom. The minimum atomic E-state index is 0. The van der Waals surface area contributed by atoms with Crippen LogP contribution in [0.3, 0.4) is 0 Å². The molecule has 0 aliphatic heterocycles. The molecule has 0 aliphatic rings. The molecule has 0 bridgehead atoms. The molecule has 7 N–H and O–H groups in total. The van der Waals surface area contributed by atoms with E-state index in [0.29, 0.717) is 0 Å². The van der Waals surface area contributed by atoms with Gasteiger partial charge in [-0.15, -0.1) is 0 Å². The van der Waals surface area contributed by atoms with Gasteiger partial charge >= 0.3 is 17.4 Å². The molecular formula is H7CrO5. The first-order chi connectivity index (χ1) is 0. The van der Waals surface area contributed by atoms with Crippen LogP contribution in [0.15, 0.2) is 0 Å². The fourth-order valence-corrected chi connectivity index (χ4v) is 0. The summed E-state index contributed by atoms with van der Waals surface area (Å²) in [5.41, 5.74) is 0. The summed E-state index contributed by atoms with van der Waals surface area (Å²) in [5.74, 6) is 0. The zero-order valence-corrected chi connectivity index (χ0v) is 4.04. The van der Waals surface area contributed by atoms with Crippen LogP contribution in [0, 0.1) is 0 Å². The molecule has 6 heavy (non-hydrogen) atoms. The van der Waals surface area contributed by atoms with Crippen molar-refractivity contribution in [3.63, 3.8) is 0 Å². The van der Waals surface area contributed by atoms with Crippen LogP contribution in [0.5, 0.6) is 0 Å². The van der Waals surface area contributed by atoms with Gasteiger partial charge in [0.05, 0.1) is 0 Å². The van der Waals surface area contributed by atoms with Crippen LogP contribution in [0.25, 0.3) is 0 Å². The van der Waals surface area contributed by atoms with Crippen LogP contribution >= 0.6 is 0 Å². The summed E-state index contributed by atoms with van der Waals surface area (Å²) in [6.45, 7) is 0. The number of hydrogen-bond donors (Lipinski definition) is 0. The first-order valence-electron chi connectivity index (χ1n) is 0. The summed E-state index contributed by atoms with van der Waals surface area (Å²) >= 11 is 0. The third-order valence-electron chi connectivity index (χ3n) is 0. The molecule has 0 aliphatic carbocycles. The molecule has 0 atom stereocenters. The average molecular weight is 139 g/mol. The summed E-state index contributed by atoms with van der Waals surface area (Å²) in [6, 6.07) is 0. The standard InChI is InChI=1S/Cr.4H2O.O/h;4*1H2;/q+3;;;;;-2/p-1. The molecule has 0 saturated carbocycles. The van der Waals surface area contributed by atoms with E-state index < -0.39 is 0 Å². The largest absolute Gasteiger partial charge is 3.00 e. The molecule has 0 saturated heterocycles. The Kier molecular flexibility index (Phi) is 246000. The van der Waals surface area contributed by atoms with Crippen molar-refractivity contribution in [2.75, 3.05) is 0 Å². The van der Waals surface area contributed by atoms with Gasteiger partial charge in [-0.05, 0) is 0 Å². The van der Waals surface area contributed by atoms with Crippen molar-refractivity contribution in [1.82, 2.24) is 0 Å². The van der Waals surface area contributed by atoms with Crippen LogP contribution in [0.4, 0.5) is 0 Å². The SMILES string of the molecule is O.O.O.[Cr+3].[O-2].[OH-]. The molecule has 0 aromatic rings. The van der Waals surface area contributed by atoms with Gasteiger partial charge < -0.3 is 27.4 Å². The molecule has 0 unspecified atom stereocenters. The van der Waals surface area contributed by atoms with E-state index in [1.54, 1.807) is 0 Å². The molecule has 0 fully saturated rings. The Hall–Kier alpha value is 0.332. The van der Waals surface area contributed by atoms with Crippen LogP contribution in [-0.4, -0.2) is 21.9 Å². The van der Waals surface area contributed by atoms with Crippen LogP contribution in [0.2, 0.25) is 0 Å². The van der Waals surface area contributed by atoms with E-state index in [0.717, 1.165) is 0 Å². The Morgan fingerprint density at radius 1 is 0.667 bits per heavy atom. The Bertz CT molecular complexity index is 3.90. The molecule has 0 amide bonds. The van der Waals surface area contributed by atoms with E-state index in [9.17, 15) is 0 Å². The Balaban J connectivity index is 0. The zero-order chi connectivity index (χ0) is 0. The molecule has 0 aromatic carbocycles. The molecule has 6 heteroatoms. The Labute approximate surface area is 45.6 Å². The van der Waals surface area contributed by atoms with Crippen molar-refractivity contribution in [1.29, 1.82) is 0 Å². The zero-order valence-electron chi connectivity index (χ0n) is 2.76. The fraction of sp³-hybridized carbons (Fsp3) is 0. The van der Waals surface area contributed by atoms with Crippen molar-refractivity contribution < 1.29 is 44.7 Å². The summed E-state index contributed by atoms with van der Waals surface area (Å²) in [7, 11) is 0. The van der Waals surface area contributed by atoms with Crippen LogP contribution < -0.4 is 0 Å². The summed E-state index contributed by atoms with van der Waals surface area (Å²) in [5, 5.41) is 0. The summed E-state index contributed by atoms with van der Waals surface area (Å²) in [6.07, 6.45) is 0. The van der Waals surface area contributed by atoms with Gasteiger partial charge in [0.1, 0.15) is 0 Å². The van der Waals surface area contributed by atoms with E-state index in [4.69, 9.17) is 0 Å². The van der Waals surface area contributed by atoms with E-state index in [1.807, 2.05) is 0 Å². The molecule has 43 valence electrons. The van der Waals surface area contributed by atoms with Gasteiger partial charge in [-0.2, -0.15) is 0 Å². The second-order valence-corrected chi connectivity index (χ2v) is 0. The molecule has 1 radical (unpaired) electrons. The normalized spacial score (nSPS) is 0. The molecule has 0 heterocycles. The second kappa shape index (κ2) is 906. The molecular weight excluding hydrogens is 132 g/mol. The van der Waals surface area contributed by atoms with Gasteiger partial charge in [0.2, 0.25) is 0 Å². The number of hydrogen-bond acceptors (Lipinski definition) is 1. The molecule has 5 nitrogen and oxygen atoms in total. The quantitative estimate of drug-likeness (QED) is 0.350. The van der Waals surface area contributed by atoms with Gasteiger partial charge in [0.25, 0.3) is 0 Å². The van der Waals surface area contributed by atoms with Crippen LogP contribution in [0.1, 0.15) is 0 Å². The average Bonchev–Trinajstić information content (AvgIpc) is 0. The topological polar surface area (TPSA) is 153 Å². The van der Waals surface area contributed by atoms with Crippen molar-refractivity contribution in [2.24, 2.45) is 0 Å². The van der Waals surface area contributed by atoms with E-state index in [-0.39, 0.29) is 44.7 Å². The van der Waals surface area contributed by atoms with Crippen LogP contribution in [-0.2, 0) is 22.8 Å². The first-order valence-corrected chi connectivity index (χ1v) is 0. The Morgan fingerprint density at radius 3 is 0.667 bits per heavy atom. The third kappa shape index (κ3) is 435. The maximum absolute atomic E-state index is 0. The predicted molar refractivity (Wildman–Crippen MR) is 13.5 cm³/mol.